The first-order valence-corrected chi connectivity index (χ1v) is 7.36. The van der Waals surface area contributed by atoms with Gasteiger partial charge >= 0.3 is 6.18 Å². The molecule has 0 spiro atoms. The highest BCUT2D eigenvalue weighted by molar-refractivity contribution is 5.78. The smallest absolute Gasteiger partial charge is 0.321 e. The molecule has 130 valence electrons. The molecule has 0 aliphatic carbocycles. The third-order valence-corrected chi connectivity index (χ3v) is 3.65. The average molecular weight is 351 g/mol. The fraction of sp³-hybridized carbons (Fsp3) is 0.176. The van der Waals surface area contributed by atoms with Crippen LogP contribution in [0.2, 0.25) is 0 Å². The van der Waals surface area contributed by atoms with Crippen LogP contribution >= 0.6 is 0 Å². The van der Waals surface area contributed by atoms with Crippen LogP contribution in [0.3, 0.4) is 0 Å². The fourth-order valence-electron chi connectivity index (χ4n) is 2.59. The third kappa shape index (κ3) is 3.53. The SMILES string of the molecule is N[C@@H](CC(F)(F)F)c1nc2ccc(F)cc2c(=O)n1-c1ccccc1. The van der Waals surface area contributed by atoms with E-state index in [1.807, 2.05) is 0 Å². The summed E-state index contributed by atoms with van der Waals surface area (Å²) >= 11 is 0. The van der Waals surface area contributed by atoms with Crippen molar-refractivity contribution in [2.45, 2.75) is 18.6 Å². The lowest BCUT2D eigenvalue weighted by Crippen LogP contribution is -2.31. The molecule has 0 aliphatic heterocycles. The first kappa shape index (κ1) is 17.1. The predicted octanol–water partition coefficient (Wildman–Crippen LogP) is 3.48. The maximum absolute atomic E-state index is 13.5. The van der Waals surface area contributed by atoms with Crippen LogP contribution in [-0.4, -0.2) is 15.7 Å². The zero-order chi connectivity index (χ0) is 18.2. The highest BCUT2D eigenvalue weighted by atomic mass is 19.4. The Balaban J connectivity index is 2.30. The number of para-hydroxylation sites is 1. The van der Waals surface area contributed by atoms with Crippen molar-refractivity contribution >= 4 is 10.9 Å². The summed E-state index contributed by atoms with van der Waals surface area (Å²) in [6.07, 6.45) is -5.85. The van der Waals surface area contributed by atoms with E-state index in [1.165, 1.54) is 18.2 Å². The second kappa shape index (κ2) is 6.29. The second-order valence-electron chi connectivity index (χ2n) is 5.53. The second-order valence-corrected chi connectivity index (χ2v) is 5.53. The summed E-state index contributed by atoms with van der Waals surface area (Å²) in [5.74, 6) is -0.869. The van der Waals surface area contributed by atoms with Gasteiger partial charge < -0.3 is 5.73 Å². The number of alkyl halides is 3. The van der Waals surface area contributed by atoms with Gasteiger partial charge in [0.2, 0.25) is 0 Å². The van der Waals surface area contributed by atoms with Gasteiger partial charge in [0.25, 0.3) is 5.56 Å². The Bertz CT molecular complexity index is 967. The minimum Gasteiger partial charge on any atom is -0.321 e. The highest BCUT2D eigenvalue weighted by Gasteiger charge is 2.33. The average Bonchev–Trinajstić information content (AvgIpc) is 2.54. The summed E-state index contributed by atoms with van der Waals surface area (Å²) in [5, 5.41) is -0.0354. The van der Waals surface area contributed by atoms with Gasteiger partial charge in [-0.2, -0.15) is 13.2 Å². The molecule has 1 aromatic heterocycles. The third-order valence-electron chi connectivity index (χ3n) is 3.65. The Hall–Kier alpha value is -2.74. The molecular formula is C17H13F4N3O. The highest BCUT2D eigenvalue weighted by Crippen LogP contribution is 2.28. The van der Waals surface area contributed by atoms with Crippen molar-refractivity contribution in [3.63, 3.8) is 0 Å². The topological polar surface area (TPSA) is 60.9 Å². The maximum Gasteiger partial charge on any atom is 0.391 e. The van der Waals surface area contributed by atoms with E-state index in [1.54, 1.807) is 18.2 Å². The molecule has 1 heterocycles. The number of rotatable bonds is 3. The molecule has 2 N–H and O–H groups in total. The van der Waals surface area contributed by atoms with Gasteiger partial charge in [-0.1, -0.05) is 18.2 Å². The Kier molecular flexibility index (Phi) is 4.30. The van der Waals surface area contributed by atoms with Crippen molar-refractivity contribution in [2.75, 3.05) is 0 Å². The lowest BCUT2D eigenvalue weighted by molar-refractivity contribution is -0.139. The largest absolute Gasteiger partial charge is 0.391 e. The molecule has 0 fully saturated rings. The number of fused-ring (bicyclic) bond motifs is 1. The number of nitrogens with two attached hydrogens (primary N) is 1. The molecule has 25 heavy (non-hydrogen) atoms. The molecule has 8 heteroatoms. The van der Waals surface area contributed by atoms with Crippen LogP contribution in [0.1, 0.15) is 18.3 Å². The molecule has 0 bridgehead atoms. The van der Waals surface area contributed by atoms with E-state index in [2.05, 4.69) is 4.98 Å². The van der Waals surface area contributed by atoms with Gasteiger partial charge in [0.05, 0.1) is 29.1 Å². The van der Waals surface area contributed by atoms with Gasteiger partial charge in [0.15, 0.2) is 0 Å². The Labute approximate surface area is 139 Å². The van der Waals surface area contributed by atoms with Crippen LogP contribution in [0.5, 0.6) is 0 Å². The number of hydrogen-bond donors (Lipinski definition) is 1. The van der Waals surface area contributed by atoms with E-state index < -0.39 is 30.0 Å². The quantitative estimate of drug-likeness (QED) is 0.735. The molecule has 0 aliphatic rings. The Morgan fingerprint density at radius 3 is 2.44 bits per heavy atom. The van der Waals surface area contributed by atoms with Crippen LogP contribution in [0.25, 0.3) is 16.6 Å². The van der Waals surface area contributed by atoms with Crippen molar-refractivity contribution in [3.05, 3.63) is 70.5 Å². The van der Waals surface area contributed by atoms with E-state index in [0.29, 0.717) is 5.69 Å². The first-order valence-electron chi connectivity index (χ1n) is 7.36. The van der Waals surface area contributed by atoms with Gasteiger partial charge in [-0.3, -0.25) is 9.36 Å². The fourth-order valence-corrected chi connectivity index (χ4v) is 2.59. The van der Waals surface area contributed by atoms with Crippen LogP contribution in [0.15, 0.2) is 53.3 Å². The van der Waals surface area contributed by atoms with Gasteiger partial charge in [0, 0.05) is 0 Å². The van der Waals surface area contributed by atoms with Gasteiger partial charge in [-0.05, 0) is 30.3 Å². The summed E-state index contributed by atoms with van der Waals surface area (Å²) in [7, 11) is 0. The summed E-state index contributed by atoms with van der Waals surface area (Å²) in [6.45, 7) is 0. The Morgan fingerprint density at radius 1 is 1.12 bits per heavy atom. The number of benzene rings is 2. The van der Waals surface area contributed by atoms with Crippen molar-refractivity contribution < 1.29 is 17.6 Å². The number of nitrogens with zero attached hydrogens (tertiary/aromatic N) is 2. The van der Waals surface area contributed by atoms with Gasteiger partial charge in [-0.15, -0.1) is 0 Å². The molecule has 0 saturated heterocycles. The molecular weight excluding hydrogens is 338 g/mol. The van der Waals surface area contributed by atoms with Gasteiger partial charge in [-0.25, -0.2) is 9.37 Å². The van der Waals surface area contributed by atoms with Gasteiger partial charge in [0.1, 0.15) is 11.6 Å². The van der Waals surface area contributed by atoms with Crippen molar-refractivity contribution in [1.82, 2.24) is 9.55 Å². The molecule has 3 rings (SSSR count). The van der Waals surface area contributed by atoms with Crippen molar-refractivity contribution in [2.24, 2.45) is 5.73 Å². The molecule has 0 unspecified atom stereocenters. The van der Waals surface area contributed by atoms with Crippen molar-refractivity contribution in [1.29, 1.82) is 0 Å². The van der Waals surface area contributed by atoms with E-state index in [9.17, 15) is 22.4 Å². The molecule has 1 atom stereocenters. The van der Waals surface area contributed by atoms with E-state index in [0.717, 1.165) is 16.7 Å². The van der Waals surface area contributed by atoms with Crippen LogP contribution < -0.4 is 11.3 Å². The molecule has 2 aromatic carbocycles. The van der Waals surface area contributed by atoms with Crippen LogP contribution in [0.4, 0.5) is 17.6 Å². The zero-order valence-corrected chi connectivity index (χ0v) is 12.8. The molecule has 3 aromatic rings. The monoisotopic (exact) mass is 351 g/mol. The van der Waals surface area contributed by atoms with E-state index >= 15 is 0 Å². The van der Waals surface area contributed by atoms with Crippen LogP contribution in [0, 0.1) is 5.82 Å². The number of hydrogen-bond acceptors (Lipinski definition) is 3. The molecule has 4 nitrogen and oxygen atoms in total. The summed E-state index contributed by atoms with van der Waals surface area (Å²) in [6, 6.07) is 9.80. The molecule has 0 radical (unpaired) electrons. The van der Waals surface area contributed by atoms with E-state index in [4.69, 9.17) is 5.73 Å². The Morgan fingerprint density at radius 2 is 1.80 bits per heavy atom. The maximum atomic E-state index is 13.5. The standard InChI is InChI=1S/C17H13F4N3O/c18-10-6-7-14-12(8-10)16(25)24(11-4-2-1-3-5-11)15(23-14)13(22)9-17(19,20)21/h1-8,13H,9,22H2/t13-/m0/s1. The zero-order valence-electron chi connectivity index (χ0n) is 12.8. The first-order chi connectivity index (χ1) is 11.8. The number of halogens is 4. The van der Waals surface area contributed by atoms with Crippen LogP contribution in [-0.2, 0) is 0 Å². The normalized spacial score (nSPS) is 13.2. The summed E-state index contributed by atoms with van der Waals surface area (Å²) in [4.78, 5) is 16.9. The van der Waals surface area contributed by atoms with E-state index in [-0.39, 0.29) is 16.7 Å². The minimum atomic E-state index is -4.52. The number of aromatic nitrogens is 2. The molecule has 0 amide bonds. The predicted molar refractivity (Wildman–Crippen MR) is 84.9 cm³/mol. The molecule has 0 saturated carbocycles. The lowest BCUT2D eigenvalue weighted by atomic mass is 10.1. The summed E-state index contributed by atoms with van der Waals surface area (Å²) in [5.41, 5.74) is 5.41. The summed E-state index contributed by atoms with van der Waals surface area (Å²) < 4.78 is 52.7. The van der Waals surface area contributed by atoms with Crippen molar-refractivity contribution in [3.8, 4) is 5.69 Å². The lowest BCUT2D eigenvalue weighted by Gasteiger charge is -2.19. The minimum absolute atomic E-state index is 0.0354.